The third-order valence-corrected chi connectivity index (χ3v) is 7.85. The van der Waals surface area contributed by atoms with Crippen LogP contribution in [0.4, 0.5) is 0 Å². The minimum absolute atomic E-state index is 0.0402. The summed E-state index contributed by atoms with van der Waals surface area (Å²) < 4.78 is 10.3. The number of nitrogens with one attached hydrogen (secondary N) is 1. The second-order valence-electron chi connectivity index (χ2n) is 9.83. The van der Waals surface area contributed by atoms with Crippen LogP contribution >= 0.6 is 0 Å². The number of piperidine rings is 1. The van der Waals surface area contributed by atoms with Gasteiger partial charge >= 0.3 is 0 Å². The number of amides is 3. The van der Waals surface area contributed by atoms with Crippen molar-refractivity contribution in [1.82, 2.24) is 15.1 Å². The minimum atomic E-state index is -0.386. The maximum absolute atomic E-state index is 13.5. The second-order valence-corrected chi connectivity index (χ2v) is 9.83. The molecule has 1 saturated carbocycles. The Morgan fingerprint density at radius 1 is 0.971 bits per heavy atom. The van der Waals surface area contributed by atoms with Crippen molar-refractivity contribution in [1.29, 1.82) is 0 Å². The molecule has 5 rings (SSSR count). The Labute approximate surface area is 199 Å². The van der Waals surface area contributed by atoms with Crippen LogP contribution in [0.25, 0.3) is 0 Å². The average Bonchev–Trinajstić information content (AvgIpc) is 3.29. The second kappa shape index (κ2) is 8.81. The summed E-state index contributed by atoms with van der Waals surface area (Å²) in [6.45, 7) is 2.81. The third kappa shape index (κ3) is 4.17. The number of carbonyl (C=O) groups is 3. The smallest absolute Gasteiger partial charge is 0.287 e. The molecule has 8 heteroatoms. The van der Waals surface area contributed by atoms with Crippen LogP contribution in [0.2, 0.25) is 0 Å². The Hall–Kier alpha value is -3.29. The summed E-state index contributed by atoms with van der Waals surface area (Å²) in [6, 6.07) is 11.1. The number of rotatable bonds is 6. The fourth-order valence-electron chi connectivity index (χ4n) is 5.47. The molecule has 3 heterocycles. The van der Waals surface area contributed by atoms with Gasteiger partial charge in [0.05, 0.1) is 25.3 Å². The zero-order valence-corrected chi connectivity index (χ0v) is 19.5. The lowest BCUT2D eigenvalue weighted by Crippen LogP contribution is -2.48. The lowest BCUT2D eigenvalue weighted by Gasteiger charge is -2.39. The molecule has 3 aliphatic rings. The molecule has 8 nitrogen and oxygen atoms in total. The van der Waals surface area contributed by atoms with Gasteiger partial charge in [-0.3, -0.25) is 14.4 Å². The van der Waals surface area contributed by atoms with E-state index in [2.05, 4.69) is 10.2 Å². The topological polar surface area (TPSA) is 92.1 Å². The van der Waals surface area contributed by atoms with Crippen LogP contribution in [0.3, 0.4) is 0 Å². The molecule has 1 aliphatic carbocycles. The molecule has 1 aromatic carbocycles. The first-order valence-corrected chi connectivity index (χ1v) is 12.0. The molecule has 0 bridgehead atoms. The highest BCUT2D eigenvalue weighted by Crippen LogP contribution is 2.51. The number of nitrogens with zero attached hydrogens (tertiary/aromatic N) is 2. The predicted molar refractivity (Wildman–Crippen MR) is 124 cm³/mol. The molecule has 3 fully saturated rings. The lowest BCUT2D eigenvalue weighted by atomic mass is 9.77. The van der Waals surface area contributed by atoms with Crippen molar-refractivity contribution in [2.24, 2.45) is 5.41 Å². The van der Waals surface area contributed by atoms with E-state index in [9.17, 15) is 14.4 Å². The number of hydrogen-bond acceptors (Lipinski definition) is 5. The van der Waals surface area contributed by atoms with Crippen LogP contribution < -0.4 is 10.1 Å². The highest BCUT2D eigenvalue weighted by atomic mass is 16.5. The number of benzene rings is 1. The summed E-state index contributed by atoms with van der Waals surface area (Å²) in [5.74, 6) is 0.770. The monoisotopic (exact) mass is 465 g/mol. The summed E-state index contributed by atoms with van der Waals surface area (Å²) >= 11 is 0. The van der Waals surface area contributed by atoms with Gasteiger partial charge < -0.3 is 24.3 Å². The molecule has 2 aromatic rings. The van der Waals surface area contributed by atoms with Crippen molar-refractivity contribution >= 4 is 17.7 Å². The van der Waals surface area contributed by atoms with E-state index in [1.807, 2.05) is 29.2 Å². The highest BCUT2D eigenvalue weighted by molar-refractivity contribution is 5.94. The van der Waals surface area contributed by atoms with Gasteiger partial charge in [-0.2, -0.15) is 0 Å². The van der Waals surface area contributed by atoms with Crippen LogP contribution in [0, 0.1) is 5.41 Å². The van der Waals surface area contributed by atoms with Crippen molar-refractivity contribution in [3.63, 3.8) is 0 Å². The van der Waals surface area contributed by atoms with E-state index in [0.717, 1.165) is 56.5 Å². The van der Waals surface area contributed by atoms with E-state index < -0.39 is 0 Å². The fraction of sp³-hybridized carbons (Fsp3) is 0.500. The molecule has 1 spiro atoms. The quantitative estimate of drug-likeness (QED) is 0.708. The highest BCUT2D eigenvalue weighted by Gasteiger charge is 2.55. The molecule has 3 amide bonds. The fourth-order valence-corrected chi connectivity index (χ4v) is 5.47. The third-order valence-electron chi connectivity index (χ3n) is 7.85. The number of carbonyl (C=O) groups excluding carboxylic acids is 3. The largest absolute Gasteiger partial charge is 0.497 e. The maximum Gasteiger partial charge on any atom is 0.287 e. The molecule has 2 aliphatic heterocycles. The molecule has 1 aromatic heterocycles. The normalized spacial score (nSPS) is 20.3. The van der Waals surface area contributed by atoms with Crippen molar-refractivity contribution in [2.75, 3.05) is 39.8 Å². The summed E-state index contributed by atoms with van der Waals surface area (Å²) in [7, 11) is 1.65. The van der Waals surface area contributed by atoms with Gasteiger partial charge in [0, 0.05) is 26.2 Å². The molecule has 0 radical (unpaired) electrons. The van der Waals surface area contributed by atoms with E-state index in [-0.39, 0.29) is 40.9 Å². The van der Waals surface area contributed by atoms with Crippen molar-refractivity contribution in [3.05, 3.63) is 54.0 Å². The Morgan fingerprint density at radius 2 is 1.65 bits per heavy atom. The Balaban J connectivity index is 1.13. The Morgan fingerprint density at radius 3 is 2.24 bits per heavy atom. The molecule has 2 saturated heterocycles. The predicted octanol–water partition coefficient (Wildman–Crippen LogP) is 2.59. The van der Waals surface area contributed by atoms with E-state index in [1.54, 1.807) is 19.2 Å². The zero-order chi connectivity index (χ0) is 23.8. The SMILES string of the molecule is COc1ccc(C2(C(=O)N3CCC4(CCN(C(=O)CNC(=O)c5ccco5)CC4)C3)CC2)cc1. The Kier molecular flexibility index (Phi) is 5.83. The minimum Gasteiger partial charge on any atom is -0.497 e. The van der Waals surface area contributed by atoms with E-state index in [0.29, 0.717) is 13.1 Å². The molecule has 34 heavy (non-hydrogen) atoms. The van der Waals surface area contributed by atoms with Crippen LogP contribution in [0.1, 0.15) is 48.2 Å². The summed E-state index contributed by atoms with van der Waals surface area (Å²) in [6.07, 6.45) is 5.96. The van der Waals surface area contributed by atoms with Gasteiger partial charge in [0.25, 0.3) is 5.91 Å². The molecule has 0 atom stereocenters. The Bertz CT molecular complexity index is 1050. The molecule has 180 valence electrons. The van der Waals surface area contributed by atoms with Crippen molar-refractivity contribution in [2.45, 2.75) is 37.5 Å². The summed E-state index contributed by atoms with van der Waals surface area (Å²) in [5, 5.41) is 2.63. The van der Waals surface area contributed by atoms with Gasteiger partial charge in [0.15, 0.2) is 5.76 Å². The average molecular weight is 466 g/mol. The van der Waals surface area contributed by atoms with Crippen LogP contribution in [-0.2, 0) is 15.0 Å². The van der Waals surface area contributed by atoms with Gasteiger partial charge in [-0.25, -0.2) is 0 Å². The summed E-state index contributed by atoms with van der Waals surface area (Å²) in [4.78, 5) is 42.0. The number of ether oxygens (including phenoxy) is 1. The first kappa shape index (κ1) is 22.5. The zero-order valence-electron chi connectivity index (χ0n) is 19.5. The van der Waals surface area contributed by atoms with Crippen molar-refractivity contribution in [3.8, 4) is 5.75 Å². The van der Waals surface area contributed by atoms with Gasteiger partial charge in [0.1, 0.15) is 5.75 Å². The van der Waals surface area contributed by atoms with Gasteiger partial charge in [0.2, 0.25) is 11.8 Å². The summed E-state index contributed by atoms with van der Waals surface area (Å²) in [5.41, 5.74) is 0.789. The van der Waals surface area contributed by atoms with Gasteiger partial charge in [-0.05, 0) is 67.3 Å². The maximum atomic E-state index is 13.5. The van der Waals surface area contributed by atoms with E-state index in [4.69, 9.17) is 9.15 Å². The van der Waals surface area contributed by atoms with Crippen LogP contribution in [0.5, 0.6) is 5.75 Å². The van der Waals surface area contributed by atoms with Gasteiger partial charge in [-0.1, -0.05) is 12.1 Å². The van der Waals surface area contributed by atoms with Gasteiger partial charge in [-0.15, -0.1) is 0 Å². The first-order valence-electron chi connectivity index (χ1n) is 12.0. The van der Waals surface area contributed by atoms with Crippen LogP contribution in [-0.4, -0.2) is 67.4 Å². The van der Waals surface area contributed by atoms with Crippen molar-refractivity contribution < 1.29 is 23.5 Å². The van der Waals surface area contributed by atoms with Crippen LogP contribution in [0.15, 0.2) is 47.1 Å². The first-order chi connectivity index (χ1) is 16.4. The molecular weight excluding hydrogens is 434 g/mol. The molecule has 0 unspecified atom stereocenters. The molecule has 1 N–H and O–H groups in total. The number of hydrogen-bond donors (Lipinski definition) is 1. The molecular formula is C26H31N3O5. The number of furan rings is 1. The standard InChI is InChI=1S/C26H31N3O5/c1-33-20-6-4-19(5-7-20)26(8-9-26)24(32)29-15-12-25(18-29)10-13-28(14-11-25)22(30)17-27-23(31)21-3-2-16-34-21/h2-7,16H,8-15,17-18H2,1H3,(H,27,31). The van der Waals surface area contributed by atoms with E-state index in [1.165, 1.54) is 6.26 Å². The lowest BCUT2D eigenvalue weighted by molar-refractivity contribution is -0.135. The number of methoxy groups -OCH3 is 1. The number of likely N-dealkylation sites (tertiary alicyclic amines) is 2. The van der Waals surface area contributed by atoms with E-state index >= 15 is 0 Å².